The van der Waals surface area contributed by atoms with Crippen LogP contribution in [-0.2, 0) is 22.5 Å². The monoisotopic (exact) mass is 381 g/mol. The Morgan fingerprint density at radius 2 is 1.96 bits per heavy atom. The maximum Gasteiger partial charge on any atom is 0.326 e. The molecule has 146 valence electrons. The number of amides is 1. The molecule has 6 heteroatoms. The van der Waals surface area contributed by atoms with E-state index >= 15 is 0 Å². The van der Waals surface area contributed by atoms with Gasteiger partial charge < -0.3 is 19.5 Å². The number of benzene rings is 2. The SMILES string of the molecule is O=C(O)C1Cc2ccccc2CN1C(=O)c1cccc(OCC2CCCO2)c1. The molecule has 1 amide bonds. The Hall–Kier alpha value is -2.86. The summed E-state index contributed by atoms with van der Waals surface area (Å²) in [4.78, 5) is 26.3. The van der Waals surface area contributed by atoms with E-state index in [1.54, 1.807) is 24.3 Å². The maximum absolute atomic E-state index is 13.1. The zero-order valence-electron chi connectivity index (χ0n) is 15.5. The van der Waals surface area contributed by atoms with Crippen LogP contribution < -0.4 is 4.74 Å². The first-order valence-electron chi connectivity index (χ1n) is 9.57. The molecule has 0 radical (unpaired) electrons. The lowest BCUT2D eigenvalue weighted by molar-refractivity contribution is -0.142. The molecule has 2 heterocycles. The first-order chi connectivity index (χ1) is 13.6. The first-order valence-corrected chi connectivity index (χ1v) is 9.57. The number of carboxylic acids is 1. The average Bonchev–Trinajstić information content (AvgIpc) is 3.24. The number of carbonyl (C=O) groups is 2. The third-order valence-corrected chi connectivity index (χ3v) is 5.34. The first kappa shape index (κ1) is 18.5. The molecule has 2 atom stereocenters. The van der Waals surface area contributed by atoms with Crippen molar-refractivity contribution in [3.8, 4) is 5.75 Å². The molecule has 1 fully saturated rings. The molecule has 2 unspecified atom stereocenters. The van der Waals surface area contributed by atoms with E-state index in [1.807, 2.05) is 24.3 Å². The van der Waals surface area contributed by atoms with E-state index in [2.05, 4.69) is 0 Å². The van der Waals surface area contributed by atoms with Gasteiger partial charge in [-0.25, -0.2) is 4.79 Å². The Bertz CT molecular complexity index is 875. The fraction of sp³-hybridized carbons (Fsp3) is 0.364. The van der Waals surface area contributed by atoms with Crippen molar-refractivity contribution in [2.24, 2.45) is 0 Å². The molecule has 0 aliphatic carbocycles. The van der Waals surface area contributed by atoms with E-state index < -0.39 is 12.0 Å². The van der Waals surface area contributed by atoms with Gasteiger partial charge in [0.1, 0.15) is 18.4 Å². The topological polar surface area (TPSA) is 76.1 Å². The standard InChI is InChI=1S/C22H23NO5/c24-21(16-7-3-8-18(11-16)28-14-19-9-4-10-27-19)23-13-17-6-2-1-5-15(17)12-20(23)22(25)26/h1-3,5-8,11,19-20H,4,9-10,12-14H2,(H,25,26). The van der Waals surface area contributed by atoms with Crippen molar-refractivity contribution in [3.63, 3.8) is 0 Å². The van der Waals surface area contributed by atoms with Crippen molar-refractivity contribution in [1.82, 2.24) is 4.90 Å². The summed E-state index contributed by atoms with van der Waals surface area (Å²) in [5, 5.41) is 9.66. The third-order valence-electron chi connectivity index (χ3n) is 5.34. The second-order valence-electron chi connectivity index (χ2n) is 7.23. The zero-order valence-corrected chi connectivity index (χ0v) is 15.5. The van der Waals surface area contributed by atoms with Gasteiger partial charge in [-0.1, -0.05) is 30.3 Å². The molecule has 0 bridgehead atoms. The van der Waals surface area contributed by atoms with Crippen molar-refractivity contribution in [2.45, 2.75) is 38.0 Å². The van der Waals surface area contributed by atoms with Gasteiger partial charge in [-0.3, -0.25) is 4.79 Å². The quantitative estimate of drug-likeness (QED) is 0.862. The Kier molecular flexibility index (Phi) is 5.30. The number of nitrogens with zero attached hydrogens (tertiary/aromatic N) is 1. The van der Waals surface area contributed by atoms with Crippen molar-refractivity contribution < 1.29 is 24.2 Å². The van der Waals surface area contributed by atoms with Crippen LogP contribution >= 0.6 is 0 Å². The highest BCUT2D eigenvalue weighted by Gasteiger charge is 2.35. The van der Waals surface area contributed by atoms with Gasteiger partial charge in [0.25, 0.3) is 5.91 Å². The molecule has 2 aromatic carbocycles. The van der Waals surface area contributed by atoms with Gasteiger partial charge in [-0.05, 0) is 42.2 Å². The van der Waals surface area contributed by atoms with Crippen LogP contribution in [0.5, 0.6) is 5.75 Å². The number of carboxylic acid groups (broad SMARTS) is 1. The van der Waals surface area contributed by atoms with Crippen LogP contribution in [0.4, 0.5) is 0 Å². The van der Waals surface area contributed by atoms with Crippen LogP contribution in [-0.4, -0.2) is 47.2 Å². The molecule has 0 spiro atoms. The van der Waals surface area contributed by atoms with E-state index in [9.17, 15) is 14.7 Å². The molecule has 1 N–H and O–H groups in total. The van der Waals surface area contributed by atoms with Gasteiger partial charge in [0.15, 0.2) is 0 Å². The van der Waals surface area contributed by atoms with E-state index in [1.165, 1.54) is 4.90 Å². The summed E-state index contributed by atoms with van der Waals surface area (Å²) in [5.41, 5.74) is 2.39. The second-order valence-corrected chi connectivity index (χ2v) is 7.23. The normalized spacial score (nSPS) is 21.2. The van der Waals surface area contributed by atoms with Crippen molar-refractivity contribution in [1.29, 1.82) is 0 Å². The van der Waals surface area contributed by atoms with E-state index in [-0.39, 0.29) is 18.6 Å². The Morgan fingerprint density at radius 3 is 2.71 bits per heavy atom. The Balaban J connectivity index is 1.52. The van der Waals surface area contributed by atoms with Crippen LogP contribution in [0.3, 0.4) is 0 Å². The van der Waals surface area contributed by atoms with Crippen LogP contribution in [0, 0.1) is 0 Å². The van der Waals surface area contributed by atoms with Crippen molar-refractivity contribution in [3.05, 3.63) is 65.2 Å². The van der Waals surface area contributed by atoms with Crippen molar-refractivity contribution in [2.75, 3.05) is 13.2 Å². The second kappa shape index (κ2) is 8.02. The lowest BCUT2D eigenvalue weighted by atomic mass is 9.93. The molecule has 6 nitrogen and oxygen atoms in total. The van der Waals surface area contributed by atoms with Gasteiger partial charge in [-0.2, -0.15) is 0 Å². The number of carbonyl (C=O) groups excluding carboxylic acids is 1. The van der Waals surface area contributed by atoms with E-state index in [0.717, 1.165) is 30.6 Å². The van der Waals surface area contributed by atoms with E-state index in [0.29, 0.717) is 24.3 Å². The van der Waals surface area contributed by atoms with E-state index in [4.69, 9.17) is 9.47 Å². The number of fused-ring (bicyclic) bond motifs is 1. The minimum Gasteiger partial charge on any atom is -0.491 e. The summed E-state index contributed by atoms with van der Waals surface area (Å²) >= 11 is 0. The maximum atomic E-state index is 13.1. The van der Waals surface area contributed by atoms with Gasteiger partial charge in [0.05, 0.1) is 6.10 Å². The largest absolute Gasteiger partial charge is 0.491 e. The highest BCUT2D eigenvalue weighted by molar-refractivity contribution is 5.97. The predicted molar refractivity (Wildman–Crippen MR) is 102 cm³/mol. The van der Waals surface area contributed by atoms with Crippen LogP contribution in [0.1, 0.15) is 34.3 Å². The summed E-state index contributed by atoms with van der Waals surface area (Å²) in [6, 6.07) is 13.7. The van der Waals surface area contributed by atoms with Crippen LogP contribution in [0.25, 0.3) is 0 Å². The molecule has 0 aromatic heterocycles. The minimum atomic E-state index is -0.992. The molecule has 2 aliphatic rings. The highest BCUT2D eigenvalue weighted by atomic mass is 16.5. The summed E-state index contributed by atoms with van der Waals surface area (Å²) in [5.74, 6) is -0.705. The molecule has 0 saturated carbocycles. The Morgan fingerprint density at radius 1 is 1.14 bits per heavy atom. The van der Waals surface area contributed by atoms with Gasteiger partial charge in [0.2, 0.25) is 0 Å². The summed E-state index contributed by atoms with van der Waals surface area (Å²) in [7, 11) is 0. The molecular weight excluding hydrogens is 358 g/mol. The van der Waals surface area contributed by atoms with Crippen LogP contribution in [0.15, 0.2) is 48.5 Å². The molecule has 2 aromatic rings. The fourth-order valence-electron chi connectivity index (χ4n) is 3.81. The van der Waals surface area contributed by atoms with Gasteiger partial charge in [-0.15, -0.1) is 0 Å². The molecular formula is C22H23NO5. The summed E-state index contributed by atoms with van der Waals surface area (Å²) in [6.07, 6.45) is 2.42. The molecule has 2 aliphatic heterocycles. The number of aliphatic carboxylic acids is 1. The highest BCUT2D eigenvalue weighted by Crippen LogP contribution is 2.26. The lowest BCUT2D eigenvalue weighted by Crippen LogP contribution is -2.48. The van der Waals surface area contributed by atoms with Crippen LogP contribution in [0.2, 0.25) is 0 Å². The van der Waals surface area contributed by atoms with Gasteiger partial charge >= 0.3 is 5.97 Å². The number of hydrogen-bond acceptors (Lipinski definition) is 4. The Labute approximate surface area is 163 Å². The fourth-order valence-corrected chi connectivity index (χ4v) is 3.81. The number of ether oxygens (including phenoxy) is 2. The van der Waals surface area contributed by atoms with Crippen molar-refractivity contribution >= 4 is 11.9 Å². The van der Waals surface area contributed by atoms with Gasteiger partial charge in [0, 0.05) is 25.1 Å². The molecule has 28 heavy (non-hydrogen) atoms. The molecule has 1 saturated heterocycles. The number of rotatable bonds is 5. The summed E-state index contributed by atoms with van der Waals surface area (Å²) < 4.78 is 11.3. The average molecular weight is 381 g/mol. The zero-order chi connectivity index (χ0) is 19.5. The minimum absolute atomic E-state index is 0.0920. The smallest absolute Gasteiger partial charge is 0.326 e. The third kappa shape index (κ3) is 3.87. The molecule has 4 rings (SSSR count). The summed E-state index contributed by atoms with van der Waals surface area (Å²) in [6.45, 7) is 1.50. The number of hydrogen-bond donors (Lipinski definition) is 1. The lowest BCUT2D eigenvalue weighted by Gasteiger charge is -2.34. The predicted octanol–water partition coefficient (Wildman–Crippen LogP) is 2.90.